The number of aromatic nitrogens is 2. The number of halogens is 3. The van der Waals surface area contributed by atoms with Gasteiger partial charge in [0.1, 0.15) is 10.8 Å². The Morgan fingerprint density at radius 1 is 1.35 bits per heavy atom. The molecule has 26 heavy (non-hydrogen) atoms. The summed E-state index contributed by atoms with van der Waals surface area (Å²) in [5, 5.41) is 4.94. The highest BCUT2D eigenvalue weighted by Gasteiger charge is 2.56. The summed E-state index contributed by atoms with van der Waals surface area (Å²) in [6.07, 6.45) is -3.41. The smallest absolute Gasteiger partial charge is 0.369 e. The number of urea groups is 1. The molecule has 0 saturated carbocycles. The normalized spacial score (nSPS) is 17.2. The van der Waals surface area contributed by atoms with Crippen LogP contribution in [0.2, 0.25) is 0 Å². The molecule has 0 unspecified atom stereocenters. The molecule has 0 bridgehead atoms. The fraction of sp³-hybridized carbons (Fsp3) is 0.438. The summed E-state index contributed by atoms with van der Waals surface area (Å²) in [6.45, 7) is -0.0904. The lowest BCUT2D eigenvalue weighted by molar-refractivity contribution is -0.280. The first-order valence-electron chi connectivity index (χ1n) is 7.89. The Kier molecular flexibility index (Phi) is 5.15. The quantitative estimate of drug-likeness (QED) is 0.872. The van der Waals surface area contributed by atoms with Crippen molar-refractivity contribution in [3.8, 4) is 10.7 Å². The van der Waals surface area contributed by atoms with E-state index >= 15 is 0 Å². The van der Waals surface area contributed by atoms with Gasteiger partial charge in [0.25, 0.3) is 0 Å². The van der Waals surface area contributed by atoms with E-state index in [2.05, 4.69) is 15.3 Å². The predicted molar refractivity (Wildman–Crippen MR) is 91.0 cm³/mol. The molecule has 140 valence electrons. The van der Waals surface area contributed by atoms with Gasteiger partial charge in [-0.15, -0.1) is 11.3 Å². The van der Waals surface area contributed by atoms with Gasteiger partial charge in [0.2, 0.25) is 0 Å². The number of rotatable bonds is 3. The van der Waals surface area contributed by atoms with Crippen LogP contribution in [-0.2, 0) is 4.74 Å². The van der Waals surface area contributed by atoms with Crippen LogP contribution < -0.4 is 5.32 Å². The van der Waals surface area contributed by atoms with Crippen molar-refractivity contribution in [1.29, 1.82) is 0 Å². The lowest BCUT2D eigenvalue weighted by Gasteiger charge is -2.41. The Labute approximate surface area is 152 Å². The Balaban J connectivity index is 1.61. The highest BCUT2D eigenvalue weighted by molar-refractivity contribution is 7.13. The lowest BCUT2D eigenvalue weighted by Crippen LogP contribution is -2.56. The molecule has 0 aromatic carbocycles. The number of pyridine rings is 1. The number of thiazole rings is 1. The van der Waals surface area contributed by atoms with Crippen molar-refractivity contribution in [2.24, 2.45) is 0 Å². The zero-order chi connectivity index (χ0) is 18.8. The number of piperidine rings is 1. The number of carbonyl (C=O) groups is 1. The van der Waals surface area contributed by atoms with Crippen molar-refractivity contribution in [3.05, 3.63) is 29.8 Å². The van der Waals surface area contributed by atoms with Gasteiger partial charge in [-0.25, -0.2) is 9.78 Å². The number of alkyl halides is 3. The van der Waals surface area contributed by atoms with Crippen LogP contribution in [0.1, 0.15) is 12.8 Å². The number of hydrogen-bond acceptors (Lipinski definition) is 5. The van der Waals surface area contributed by atoms with Gasteiger partial charge < -0.3 is 9.64 Å². The van der Waals surface area contributed by atoms with E-state index in [-0.39, 0.29) is 25.9 Å². The molecule has 0 radical (unpaired) electrons. The fourth-order valence-electron chi connectivity index (χ4n) is 2.80. The molecule has 10 heteroatoms. The minimum atomic E-state index is -4.46. The molecule has 1 N–H and O–H groups in total. The van der Waals surface area contributed by atoms with Gasteiger partial charge in [0.15, 0.2) is 5.60 Å². The second-order valence-corrected chi connectivity index (χ2v) is 6.72. The number of ether oxygens (including phenoxy) is 1. The van der Waals surface area contributed by atoms with Gasteiger partial charge in [-0.2, -0.15) is 13.2 Å². The maximum absolute atomic E-state index is 13.2. The summed E-state index contributed by atoms with van der Waals surface area (Å²) in [7, 11) is 1.05. The highest BCUT2D eigenvalue weighted by atomic mass is 32.1. The topological polar surface area (TPSA) is 67.3 Å². The third kappa shape index (κ3) is 3.65. The van der Waals surface area contributed by atoms with Crippen molar-refractivity contribution in [1.82, 2.24) is 14.9 Å². The average molecular weight is 386 g/mol. The Morgan fingerprint density at radius 3 is 2.65 bits per heavy atom. The third-order valence-electron chi connectivity index (χ3n) is 4.39. The molecule has 3 rings (SSSR count). The van der Waals surface area contributed by atoms with Gasteiger partial charge in [-0.3, -0.25) is 10.3 Å². The van der Waals surface area contributed by atoms with Crippen LogP contribution in [0.3, 0.4) is 0 Å². The van der Waals surface area contributed by atoms with Crippen molar-refractivity contribution in [3.63, 3.8) is 0 Å². The Morgan fingerprint density at radius 2 is 2.08 bits per heavy atom. The summed E-state index contributed by atoms with van der Waals surface area (Å²) in [5.41, 5.74) is -1.50. The predicted octanol–water partition coefficient (Wildman–Crippen LogP) is 3.78. The largest absolute Gasteiger partial charge is 0.417 e. The molecular weight excluding hydrogens is 369 g/mol. The molecule has 1 saturated heterocycles. The third-order valence-corrected chi connectivity index (χ3v) is 5.25. The first kappa shape index (κ1) is 18.6. The summed E-state index contributed by atoms with van der Waals surface area (Å²) in [5.74, 6) is 0.347. The SMILES string of the molecule is COC1(C(F)(F)F)CCN(C(=O)Nc2csc(-c3ccccn3)n2)CC1. The van der Waals surface area contributed by atoms with Gasteiger partial charge in [-0.1, -0.05) is 6.07 Å². The molecular formula is C16H17F3N4O2S. The van der Waals surface area contributed by atoms with E-state index in [4.69, 9.17) is 4.74 Å². The zero-order valence-corrected chi connectivity index (χ0v) is 14.7. The first-order valence-corrected chi connectivity index (χ1v) is 8.77. The molecule has 0 aliphatic carbocycles. The number of nitrogens with one attached hydrogen (secondary N) is 1. The van der Waals surface area contributed by atoms with Crippen molar-refractivity contribution in [2.45, 2.75) is 24.6 Å². The van der Waals surface area contributed by atoms with E-state index in [0.717, 1.165) is 7.11 Å². The molecule has 6 nitrogen and oxygen atoms in total. The molecule has 0 atom stereocenters. The van der Waals surface area contributed by atoms with Crippen LogP contribution in [-0.4, -0.2) is 52.9 Å². The molecule has 2 aromatic rings. The minimum Gasteiger partial charge on any atom is -0.369 e. The fourth-order valence-corrected chi connectivity index (χ4v) is 3.53. The summed E-state index contributed by atoms with van der Waals surface area (Å²) in [6, 6.07) is 4.95. The van der Waals surface area contributed by atoms with E-state index < -0.39 is 17.8 Å². The summed E-state index contributed by atoms with van der Waals surface area (Å²) >= 11 is 1.32. The standard InChI is InChI=1S/C16H17F3N4O2S/c1-25-15(16(17,18)19)5-8-23(9-6-15)14(24)22-12-10-26-13(21-12)11-4-2-3-7-20-11/h2-4,7,10H,5-6,8-9H2,1H3,(H,22,24). The number of nitrogens with zero attached hydrogens (tertiary/aromatic N) is 3. The molecule has 2 aromatic heterocycles. The maximum atomic E-state index is 13.2. The van der Waals surface area contributed by atoms with Gasteiger partial charge >= 0.3 is 12.2 Å². The van der Waals surface area contributed by atoms with Crippen molar-refractivity contribution in [2.75, 3.05) is 25.5 Å². The molecule has 0 spiro atoms. The van der Waals surface area contributed by atoms with Crippen molar-refractivity contribution < 1.29 is 22.7 Å². The molecule has 1 aliphatic heterocycles. The van der Waals surface area contributed by atoms with Crippen LogP contribution in [0.15, 0.2) is 29.8 Å². The maximum Gasteiger partial charge on any atom is 0.417 e. The van der Waals surface area contributed by atoms with Crippen LogP contribution in [0, 0.1) is 0 Å². The van der Waals surface area contributed by atoms with Crippen molar-refractivity contribution >= 4 is 23.2 Å². The first-order chi connectivity index (χ1) is 12.3. The lowest BCUT2D eigenvalue weighted by atomic mass is 9.90. The number of likely N-dealkylation sites (tertiary alicyclic amines) is 1. The molecule has 1 aliphatic rings. The van der Waals surface area contributed by atoms with E-state index in [9.17, 15) is 18.0 Å². The second kappa shape index (κ2) is 7.20. The van der Waals surface area contributed by atoms with Crippen LogP contribution in [0.25, 0.3) is 10.7 Å². The zero-order valence-electron chi connectivity index (χ0n) is 13.9. The van der Waals surface area contributed by atoms with E-state index in [0.29, 0.717) is 16.5 Å². The van der Waals surface area contributed by atoms with E-state index in [1.807, 2.05) is 6.07 Å². The summed E-state index contributed by atoms with van der Waals surface area (Å²) < 4.78 is 44.3. The number of methoxy groups -OCH3 is 1. The average Bonchev–Trinajstić information content (AvgIpc) is 3.10. The number of carbonyl (C=O) groups excluding carboxylic acids is 1. The van der Waals surface area contributed by atoms with Crippen LogP contribution >= 0.6 is 11.3 Å². The molecule has 2 amide bonds. The van der Waals surface area contributed by atoms with E-state index in [1.165, 1.54) is 16.2 Å². The van der Waals surface area contributed by atoms with Crippen LogP contribution in [0.4, 0.5) is 23.8 Å². The van der Waals surface area contributed by atoms with Gasteiger partial charge in [-0.05, 0) is 12.1 Å². The number of anilines is 1. The number of amides is 2. The summed E-state index contributed by atoms with van der Waals surface area (Å²) in [4.78, 5) is 22.1. The Hall–Kier alpha value is -2.20. The second-order valence-electron chi connectivity index (χ2n) is 5.87. The minimum absolute atomic E-state index is 0.0452. The van der Waals surface area contributed by atoms with Gasteiger partial charge in [0, 0.05) is 44.6 Å². The van der Waals surface area contributed by atoms with Crippen LogP contribution in [0.5, 0.6) is 0 Å². The molecule has 3 heterocycles. The number of hydrogen-bond donors (Lipinski definition) is 1. The highest BCUT2D eigenvalue weighted by Crippen LogP contribution is 2.41. The van der Waals surface area contributed by atoms with E-state index in [1.54, 1.807) is 23.7 Å². The monoisotopic (exact) mass is 386 g/mol. The Bertz CT molecular complexity index is 758. The van der Waals surface area contributed by atoms with Gasteiger partial charge in [0.05, 0.1) is 5.69 Å². The molecule has 1 fully saturated rings.